The van der Waals surface area contributed by atoms with Crippen molar-refractivity contribution in [3.8, 4) is 5.88 Å². The number of nitrogens with two attached hydrogens (primary N) is 1. The zero-order chi connectivity index (χ0) is 11.4. The molecule has 0 saturated carbocycles. The van der Waals surface area contributed by atoms with E-state index >= 15 is 0 Å². The number of pyridine rings is 1. The Morgan fingerprint density at radius 1 is 1.50 bits per heavy atom. The predicted octanol–water partition coefficient (Wildman–Crippen LogP) is 1.93. The van der Waals surface area contributed by atoms with Crippen molar-refractivity contribution in [3.05, 3.63) is 48.0 Å². The summed E-state index contributed by atoms with van der Waals surface area (Å²) in [5.74, 6) is 0.582. The lowest BCUT2D eigenvalue weighted by atomic mass is 10.0. The first-order chi connectivity index (χ1) is 7.81. The molecule has 2 N–H and O–H groups in total. The van der Waals surface area contributed by atoms with Crippen LogP contribution in [0.2, 0.25) is 0 Å². The van der Waals surface area contributed by atoms with Crippen molar-refractivity contribution in [2.24, 2.45) is 5.73 Å². The van der Waals surface area contributed by atoms with Gasteiger partial charge in [-0.25, -0.2) is 4.98 Å². The van der Waals surface area contributed by atoms with Crippen LogP contribution < -0.4 is 10.5 Å². The Labute approximate surface area is 94.1 Å². The van der Waals surface area contributed by atoms with E-state index < -0.39 is 0 Å². The molecule has 0 aromatic carbocycles. The SMILES string of the molecule is COc1ncccc1C(N)Cc1ccoc1. The van der Waals surface area contributed by atoms with E-state index in [2.05, 4.69) is 4.98 Å². The van der Waals surface area contributed by atoms with Crippen LogP contribution in [0, 0.1) is 0 Å². The maximum absolute atomic E-state index is 6.10. The summed E-state index contributed by atoms with van der Waals surface area (Å²) >= 11 is 0. The van der Waals surface area contributed by atoms with Crippen LogP contribution in [-0.4, -0.2) is 12.1 Å². The molecular weight excluding hydrogens is 204 g/mol. The summed E-state index contributed by atoms with van der Waals surface area (Å²) in [6.07, 6.45) is 5.73. The van der Waals surface area contributed by atoms with Gasteiger partial charge in [-0.3, -0.25) is 0 Å². The Balaban J connectivity index is 2.17. The molecule has 4 heteroatoms. The Morgan fingerprint density at radius 2 is 2.38 bits per heavy atom. The van der Waals surface area contributed by atoms with E-state index in [1.54, 1.807) is 25.8 Å². The van der Waals surface area contributed by atoms with Crippen LogP contribution in [0.4, 0.5) is 0 Å². The first-order valence-corrected chi connectivity index (χ1v) is 5.07. The van der Waals surface area contributed by atoms with E-state index in [1.807, 2.05) is 18.2 Å². The van der Waals surface area contributed by atoms with Gasteiger partial charge in [0.25, 0.3) is 0 Å². The minimum atomic E-state index is -0.138. The number of hydrogen-bond acceptors (Lipinski definition) is 4. The summed E-state index contributed by atoms with van der Waals surface area (Å²) in [6.45, 7) is 0. The Kier molecular flexibility index (Phi) is 3.22. The first-order valence-electron chi connectivity index (χ1n) is 5.07. The highest BCUT2D eigenvalue weighted by atomic mass is 16.5. The highest BCUT2D eigenvalue weighted by molar-refractivity contribution is 5.30. The normalized spacial score (nSPS) is 12.4. The summed E-state index contributed by atoms with van der Waals surface area (Å²) < 4.78 is 10.2. The summed E-state index contributed by atoms with van der Waals surface area (Å²) in [5.41, 5.74) is 8.08. The van der Waals surface area contributed by atoms with Crippen molar-refractivity contribution in [3.63, 3.8) is 0 Å². The maximum Gasteiger partial charge on any atom is 0.217 e. The number of furan rings is 1. The van der Waals surface area contributed by atoms with Crippen LogP contribution in [0.5, 0.6) is 5.88 Å². The number of hydrogen-bond donors (Lipinski definition) is 1. The van der Waals surface area contributed by atoms with Gasteiger partial charge >= 0.3 is 0 Å². The molecule has 0 aliphatic carbocycles. The fraction of sp³-hybridized carbons (Fsp3) is 0.250. The lowest BCUT2D eigenvalue weighted by Crippen LogP contribution is -2.14. The van der Waals surface area contributed by atoms with Crippen molar-refractivity contribution in [2.75, 3.05) is 7.11 Å². The third-order valence-corrected chi connectivity index (χ3v) is 2.43. The van der Waals surface area contributed by atoms with Gasteiger partial charge < -0.3 is 14.9 Å². The van der Waals surface area contributed by atoms with Crippen LogP contribution in [-0.2, 0) is 6.42 Å². The van der Waals surface area contributed by atoms with E-state index in [9.17, 15) is 0 Å². The predicted molar refractivity (Wildman–Crippen MR) is 60.1 cm³/mol. The Morgan fingerprint density at radius 3 is 3.06 bits per heavy atom. The Bertz CT molecular complexity index is 440. The number of aromatic nitrogens is 1. The topological polar surface area (TPSA) is 61.3 Å². The molecule has 0 aliphatic rings. The minimum absolute atomic E-state index is 0.138. The van der Waals surface area contributed by atoms with E-state index in [-0.39, 0.29) is 6.04 Å². The molecule has 0 fully saturated rings. The molecule has 1 atom stereocenters. The molecule has 0 saturated heterocycles. The molecule has 0 radical (unpaired) electrons. The molecule has 2 heterocycles. The van der Waals surface area contributed by atoms with Gasteiger partial charge in [-0.1, -0.05) is 6.07 Å². The van der Waals surface area contributed by atoms with Gasteiger partial charge in [0.05, 0.1) is 19.6 Å². The molecule has 0 bridgehead atoms. The number of rotatable bonds is 4. The fourth-order valence-electron chi connectivity index (χ4n) is 1.63. The average molecular weight is 218 g/mol. The van der Waals surface area contributed by atoms with E-state index in [0.717, 1.165) is 11.1 Å². The summed E-state index contributed by atoms with van der Waals surface area (Å²) in [4.78, 5) is 4.12. The molecule has 0 aliphatic heterocycles. The summed E-state index contributed by atoms with van der Waals surface area (Å²) in [5, 5.41) is 0. The molecule has 2 aromatic heterocycles. The molecule has 0 spiro atoms. The number of nitrogens with zero attached hydrogens (tertiary/aromatic N) is 1. The molecule has 4 nitrogen and oxygen atoms in total. The van der Waals surface area contributed by atoms with Gasteiger partial charge in [0.15, 0.2) is 0 Å². The van der Waals surface area contributed by atoms with Gasteiger partial charge in [-0.15, -0.1) is 0 Å². The maximum atomic E-state index is 6.10. The Hall–Kier alpha value is -1.81. The molecule has 16 heavy (non-hydrogen) atoms. The molecule has 1 unspecified atom stereocenters. The molecule has 84 valence electrons. The van der Waals surface area contributed by atoms with Crippen LogP contribution in [0.3, 0.4) is 0 Å². The second-order valence-electron chi connectivity index (χ2n) is 3.54. The van der Waals surface area contributed by atoms with Gasteiger partial charge in [0.2, 0.25) is 5.88 Å². The van der Waals surface area contributed by atoms with Crippen LogP contribution >= 0.6 is 0 Å². The van der Waals surface area contributed by atoms with Crippen LogP contribution in [0.1, 0.15) is 17.2 Å². The van der Waals surface area contributed by atoms with Crippen LogP contribution in [0.25, 0.3) is 0 Å². The lowest BCUT2D eigenvalue weighted by Gasteiger charge is -2.13. The zero-order valence-corrected chi connectivity index (χ0v) is 9.09. The second kappa shape index (κ2) is 4.81. The van der Waals surface area contributed by atoms with E-state index in [1.165, 1.54) is 0 Å². The largest absolute Gasteiger partial charge is 0.481 e. The molecule has 0 amide bonds. The minimum Gasteiger partial charge on any atom is -0.481 e. The van der Waals surface area contributed by atoms with Gasteiger partial charge in [-0.2, -0.15) is 0 Å². The zero-order valence-electron chi connectivity index (χ0n) is 9.09. The summed E-state index contributed by atoms with van der Waals surface area (Å²) in [7, 11) is 1.59. The third kappa shape index (κ3) is 2.23. The van der Waals surface area contributed by atoms with Crippen molar-refractivity contribution in [1.29, 1.82) is 0 Å². The third-order valence-electron chi connectivity index (χ3n) is 2.43. The molecule has 2 rings (SSSR count). The fourth-order valence-corrected chi connectivity index (χ4v) is 1.63. The van der Waals surface area contributed by atoms with E-state index in [4.69, 9.17) is 14.9 Å². The van der Waals surface area contributed by atoms with Crippen molar-refractivity contribution in [1.82, 2.24) is 4.98 Å². The monoisotopic (exact) mass is 218 g/mol. The van der Waals surface area contributed by atoms with E-state index in [0.29, 0.717) is 12.3 Å². The smallest absolute Gasteiger partial charge is 0.217 e. The van der Waals surface area contributed by atoms with Gasteiger partial charge in [0, 0.05) is 17.8 Å². The van der Waals surface area contributed by atoms with Gasteiger partial charge in [0.1, 0.15) is 0 Å². The van der Waals surface area contributed by atoms with Crippen molar-refractivity contribution in [2.45, 2.75) is 12.5 Å². The standard InChI is InChI=1S/C12H14N2O2/c1-15-12-10(3-2-5-14-12)11(13)7-9-4-6-16-8-9/h2-6,8,11H,7,13H2,1H3. The quantitative estimate of drug-likeness (QED) is 0.851. The second-order valence-corrected chi connectivity index (χ2v) is 3.54. The molecular formula is C12H14N2O2. The van der Waals surface area contributed by atoms with Crippen molar-refractivity contribution >= 4 is 0 Å². The highest BCUT2D eigenvalue weighted by Gasteiger charge is 2.13. The number of methoxy groups -OCH3 is 1. The summed E-state index contributed by atoms with van der Waals surface area (Å²) in [6, 6.07) is 5.55. The van der Waals surface area contributed by atoms with Gasteiger partial charge in [-0.05, 0) is 24.1 Å². The van der Waals surface area contributed by atoms with Crippen molar-refractivity contribution < 1.29 is 9.15 Å². The first kappa shape index (κ1) is 10.7. The molecule has 2 aromatic rings. The highest BCUT2D eigenvalue weighted by Crippen LogP contribution is 2.23. The average Bonchev–Trinajstić information content (AvgIpc) is 2.81. The van der Waals surface area contributed by atoms with Crippen LogP contribution in [0.15, 0.2) is 41.3 Å². The number of ether oxygens (including phenoxy) is 1. The lowest BCUT2D eigenvalue weighted by molar-refractivity contribution is 0.388.